The molecule has 0 aliphatic heterocycles. The topological polar surface area (TPSA) is 36.9 Å². The molecule has 0 aliphatic carbocycles. The molecule has 0 unspecified atom stereocenters. The zero-order valence-electron chi connectivity index (χ0n) is 26.4. The third-order valence-corrected chi connectivity index (χ3v) is 10.1. The van der Waals surface area contributed by atoms with Gasteiger partial charge in [-0.05, 0) is 77.8 Å². The summed E-state index contributed by atoms with van der Waals surface area (Å²) in [6.45, 7) is 0. The maximum atomic E-state index is 10.3. The molecule has 1 aromatic heterocycles. The average molecular weight is 622 g/mol. The number of benzene rings is 9. The average Bonchev–Trinajstić information content (AvgIpc) is 3.56. The predicted molar refractivity (Wildman–Crippen MR) is 205 cm³/mol. The molecule has 10 rings (SSSR count). The zero-order chi connectivity index (χ0) is 32.5. The van der Waals surface area contributed by atoms with E-state index in [1.165, 1.54) is 38.2 Å². The number of nitrogens with zero attached hydrogens (tertiary/aromatic N) is 1. The van der Waals surface area contributed by atoms with Gasteiger partial charge in [-0.3, -0.25) is 0 Å². The Balaban J connectivity index is 1.39. The molecule has 0 aliphatic rings. The summed E-state index contributed by atoms with van der Waals surface area (Å²) in [4.78, 5) is 0. The van der Waals surface area contributed by atoms with Gasteiger partial charge in [0, 0.05) is 21.5 Å². The molecule has 0 saturated carbocycles. The molecule has 0 N–H and O–H groups in total. The van der Waals surface area contributed by atoms with E-state index in [0.717, 1.165) is 60.2 Å². The highest BCUT2D eigenvalue weighted by Gasteiger charge is 2.23. The van der Waals surface area contributed by atoms with Crippen LogP contribution < -0.4 is 0 Å². The molecule has 0 saturated heterocycles. The Morgan fingerprint density at radius 3 is 1.14 bits per heavy atom. The molecular weight excluding hydrogens is 595 g/mol. The summed E-state index contributed by atoms with van der Waals surface area (Å²) in [6.07, 6.45) is 0. The molecule has 9 aromatic carbocycles. The van der Waals surface area contributed by atoms with Crippen molar-refractivity contribution in [2.45, 2.75) is 0 Å². The van der Waals surface area contributed by atoms with Gasteiger partial charge in [0.1, 0.15) is 17.2 Å². The second-order valence-corrected chi connectivity index (χ2v) is 12.6. The molecular formula is C47H27NO. The van der Waals surface area contributed by atoms with Gasteiger partial charge in [-0.2, -0.15) is 5.26 Å². The van der Waals surface area contributed by atoms with Crippen molar-refractivity contribution in [1.29, 1.82) is 5.26 Å². The van der Waals surface area contributed by atoms with Gasteiger partial charge in [0.25, 0.3) is 0 Å². The fraction of sp³-hybridized carbons (Fsp3) is 0. The minimum Gasteiger partial charge on any atom is -0.456 e. The standard InChI is InChI=1S/C47H27NO/c48-28-40-30-16-4-6-18-32(30)44(33-19-7-5-17-31(33)40)38-24-12-26-41-46(38)47-39(25-13-27-42(47)49-41)45-36-22-10-8-20-34(36)43(29-14-2-1-3-15-29)35-21-9-11-23-37(35)45/h1-27H. The fourth-order valence-electron chi connectivity index (χ4n) is 8.16. The van der Waals surface area contributed by atoms with E-state index in [2.05, 4.69) is 158 Å². The summed E-state index contributed by atoms with van der Waals surface area (Å²) in [7, 11) is 0. The maximum absolute atomic E-state index is 10.3. The first-order valence-electron chi connectivity index (χ1n) is 16.6. The van der Waals surface area contributed by atoms with Gasteiger partial charge >= 0.3 is 0 Å². The Hall–Kier alpha value is -6.69. The lowest BCUT2D eigenvalue weighted by molar-refractivity contribution is 0.669. The molecule has 49 heavy (non-hydrogen) atoms. The molecule has 0 atom stereocenters. The first-order valence-corrected chi connectivity index (χ1v) is 16.6. The molecule has 2 nitrogen and oxygen atoms in total. The van der Waals surface area contributed by atoms with Gasteiger partial charge in [0.2, 0.25) is 0 Å². The van der Waals surface area contributed by atoms with E-state index in [1.807, 2.05) is 12.1 Å². The Morgan fingerprint density at radius 1 is 0.347 bits per heavy atom. The molecule has 0 fully saturated rings. The summed E-state index contributed by atoms with van der Waals surface area (Å²) in [5.41, 5.74) is 9.39. The van der Waals surface area contributed by atoms with E-state index in [1.54, 1.807) is 0 Å². The van der Waals surface area contributed by atoms with Crippen molar-refractivity contribution in [3.05, 3.63) is 169 Å². The van der Waals surface area contributed by atoms with E-state index in [-0.39, 0.29) is 0 Å². The second-order valence-electron chi connectivity index (χ2n) is 12.6. The van der Waals surface area contributed by atoms with Crippen LogP contribution in [0.3, 0.4) is 0 Å². The van der Waals surface area contributed by atoms with Gasteiger partial charge in [0.05, 0.1) is 5.56 Å². The first-order chi connectivity index (χ1) is 24.3. The minimum atomic E-state index is 0.705. The third-order valence-electron chi connectivity index (χ3n) is 10.1. The second kappa shape index (κ2) is 10.7. The van der Waals surface area contributed by atoms with Crippen LogP contribution in [0.1, 0.15) is 5.56 Å². The van der Waals surface area contributed by atoms with Gasteiger partial charge < -0.3 is 4.42 Å². The van der Waals surface area contributed by atoms with E-state index in [4.69, 9.17) is 4.42 Å². The third kappa shape index (κ3) is 3.94. The van der Waals surface area contributed by atoms with Crippen LogP contribution in [0.5, 0.6) is 0 Å². The van der Waals surface area contributed by atoms with Crippen LogP contribution in [0.25, 0.3) is 98.4 Å². The minimum absolute atomic E-state index is 0.705. The van der Waals surface area contributed by atoms with Crippen LogP contribution in [-0.2, 0) is 0 Å². The predicted octanol–water partition coefficient (Wildman–Crippen LogP) is 13.1. The summed E-state index contributed by atoms with van der Waals surface area (Å²) in [5, 5.41) is 21.4. The Kier molecular flexibility index (Phi) is 5.97. The molecule has 0 amide bonds. The van der Waals surface area contributed by atoms with Crippen molar-refractivity contribution in [3.63, 3.8) is 0 Å². The smallest absolute Gasteiger partial charge is 0.136 e. The van der Waals surface area contributed by atoms with E-state index < -0.39 is 0 Å². The van der Waals surface area contributed by atoms with Crippen molar-refractivity contribution >= 4 is 65.0 Å². The maximum Gasteiger partial charge on any atom is 0.136 e. The molecule has 0 spiro atoms. The summed E-state index contributed by atoms with van der Waals surface area (Å²) < 4.78 is 6.71. The van der Waals surface area contributed by atoms with E-state index in [0.29, 0.717) is 5.56 Å². The van der Waals surface area contributed by atoms with Crippen LogP contribution >= 0.6 is 0 Å². The molecule has 0 bridgehead atoms. The van der Waals surface area contributed by atoms with Gasteiger partial charge in [-0.25, -0.2) is 0 Å². The van der Waals surface area contributed by atoms with Crippen molar-refractivity contribution in [3.8, 4) is 39.4 Å². The Bertz CT molecular complexity index is 2880. The SMILES string of the molecule is N#Cc1c2ccccc2c(-c2cccc3oc4cccc(-c5c6ccccc6c(-c6ccccc6)c6ccccc56)c4c23)c2ccccc12. The highest BCUT2D eigenvalue weighted by Crippen LogP contribution is 2.49. The highest BCUT2D eigenvalue weighted by atomic mass is 16.3. The van der Waals surface area contributed by atoms with Gasteiger partial charge in [-0.15, -0.1) is 0 Å². The number of rotatable bonds is 3. The van der Waals surface area contributed by atoms with Gasteiger partial charge in [-0.1, -0.05) is 152 Å². The van der Waals surface area contributed by atoms with Crippen LogP contribution in [0.4, 0.5) is 0 Å². The molecule has 0 radical (unpaired) electrons. The number of nitriles is 1. The zero-order valence-corrected chi connectivity index (χ0v) is 26.4. The van der Waals surface area contributed by atoms with Gasteiger partial charge in [0.15, 0.2) is 0 Å². The molecule has 10 aromatic rings. The van der Waals surface area contributed by atoms with Crippen LogP contribution in [-0.4, -0.2) is 0 Å². The fourth-order valence-corrected chi connectivity index (χ4v) is 8.16. The monoisotopic (exact) mass is 621 g/mol. The summed E-state index contributed by atoms with van der Waals surface area (Å²) in [5.74, 6) is 0. The molecule has 226 valence electrons. The Morgan fingerprint density at radius 2 is 0.714 bits per heavy atom. The van der Waals surface area contributed by atoms with Crippen LogP contribution in [0, 0.1) is 11.3 Å². The normalized spacial score (nSPS) is 11.7. The van der Waals surface area contributed by atoms with Crippen molar-refractivity contribution < 1.29 is 4.42 Å². The van der Waals surface area contributed by atoms with E-state index >= 15 is 0 Å². The van der Waals surface area contributed by atoms with Crippen LogP contribution in [0.15, 0.2) is 168 Å². The van der Waals surface area contributed by atoms with E-state index in [9.17, 15) is 5.26 Å². The lowest BCUT2D eigenvalue weighted by atomic mass is 9.84. The quantitative estimate of drug-likeness (QED) is 0.184. The van der Waals surface area contributed by atoms with Crippen molar-refractivity contribution in [2.24, 2.45) is 0 Å². The van der Waals surface area contributed by atoms with Crippen molar-refractivity contribution in [1.82, 2.24) is 0 Å². The lowest BCUT2D eigenvalue weighted by Gasteiger charge is -2.18. The number of hydrogen-bond donors (Lipinski definition) is 0. The largest absolute Gasteiger partial charge is 0.456 e. The summed E-state index contributed by atoms with van der Waals surface area (Å²) in [6, 6.07) is 60.2. The number of hydrogen-bond acceptors (Lipinski definition) is 2. The lowest BCUT2D eigenvalue weighted by Crippen LogP contribution is -1.92. The number of furan rings is 1. The summed E-state index contributed by atoms with van der Waals surface area (Å²) >= 11 is 0. The number of fused-ring (bicyclic) bond motifs is 7. The first kappa shape index (κ1) is 27.4. The Labute approximate surface area is 282 Å². The van der Waals surface area contributed by atoms with Crippen molar-refractivity contribution in [2.75, 3.05) is 0 Å². The molecule has 1 heterocycles. The molecule has 2 heteroatoms. The van der Waals surface area contributed by atoms with Crippen LogP contribution in [0.2, 0.25) is 0 Å². The highest BCUT2D eigenvalue weighted by molar-refractivity contribution is 6.29.